The molecule has 20 heavy (non-hydrogen) atoms. The van der Waals surface area contributed by atoms with Crippen LogP contribution in [0.4, 0.5) is 17.4 Å². The molecule has 0 aliphatic carbocycles. The van der Waals surface area contributed by atoms with Gasteiger partial charge in [-0.25, -0.2) is 0 Å². The zero-order valence-electron chi connectivity index (χ0n) is 10.7. The SMILES string of the molecule is COc1ccc(Cl)cc1Nc1nc2c(N)cccc2o1. The fourth-order valence-corrected chi connectivity index (χ4v) is 2.09. The Balaban J connectivity index is 2.01. The van der Waals surface area contributed by atoms with Gasteiger partial charge in [0.05, 0.1) is 18.5 Å². The molecular formula is C14H12ClN3O2. The van der Waals surface area contributed by atoms with Crippen molar-refractivity contribution in [1.29, 1.82) is 0 Å². The highest BCUT2D eigenvalue weighted by molar-refractivity contribution is 6.31. The molecule has 5 nitrogen and oxygen atoms in total. The first-order chi connectivity index (χ1) is 9.67. The predicted molar refractivity (Wildman–Crippen MR) is 79.7 cm³/mol. The van der Waals surface area contributed by atoms with E-state index >= 15 is 0 Å². The minimum absolute atomic E-state index is 0.332. The number of anilines is 3. The van der Waals surface area contributed by atoms with E-state index in [0.717, 1.165) is 0 Å². The van der Waals surface area contributed by atoms with Crippen LogP contribution in [-0.4, -0.2) is 12.1 Å². The van der Waals surface area contributed by atoms with Gasteiger partial charge in [-0.05, 0) is 30.3 Å². The summed E-state index contributed by atoms with van der Waals surface area (Å²) in [6.45, 7) is 0. The topological polar surface area (TPSA) is 73.3 Å². The molecule has 102 valence electrons. The first kappa shape index (κ1) is 12.6. The molecule has 0 saturated carbocycles. The van der Waals surface area contributed by atoms with Gasteiger partial charge in [-0.15, -0.1) is 0 Å². The number of benzene rings is 2. The maximum atomic E-state index is 5.98. The number of nitrogens with zero attached hydrogens (tertiary/aromatic N) is 1. The molecule has 1 aromatic heterocycles. The number of rotatable bonds is 3. The number of hydrogen-bond donors (Lipinski definition) is 2. The van der Waals surface area contributed by atoms with Crippen LogP contribution in [0.15, 0.2) is 40.8 Å². The van der Waals surface area contributed by atoms with Crippen LogP contribution in [0.2, 0.25) is 5.02 Å². The molecular weight excluding hydrogens is 278 g/mol. The summed E-state index contributed by atoms with van der Waals surface area (Å²) < 4.78 is 10.8. The fraction of sp³-hybridized carbons (Fsp3) is 0.0714. The highest BCUT2D eigenvalue weighted by Gasteiger charge is 2.11. The average molecular weight is 290 g/mol. The highest BCUT2D eigenvalue weighted by atomic mass is 35.5. The second-order valence-corrected chi connectivity index (χ2v) is 4.62. The lowest BCUT2D eigenvalue weighted by Gasteiger charge is -2.08. The number of fused-ring (bicyclic) bond motifs is 1. The van der Waals surface area contributed by atoms with E-state index in [0.29, 0.717) is 39.3 Å². The molecule has 0 atom stereocenters. The number of oxazole rings is 1. The zero-order chi connectivity index (χ0) is 14.1. The van der Waals surface area contributed by atoms with Gasteiger partial charge in [0.2, 0.25) is 0 Å². The van der Waals surface area contributed by atoms with Crippen molar-refractivity contribution in [1.82, 2.24) is 4.98 Å². The Bertz CT molecular complexity index is 770. The Hall–Kier alpha value is -2.40. The maximum Gasteiger partial charge on any atom is 0.300 e. The van der Waals surface area contributed by atoms with Crippen molar-refractivity contribution in [3.63, 3.8) is 0 Å². The summed E-state index contributed by atoms with van der Waals surface area (Å²) in [6, 6.07) is 11.0. The van der Waals surface area contributed by atoms with Crippen molar-refractivity contribution in [3.05, 3.63) is 41.4 Å². The van der Waals surface area contributed by atoms with Crippen molar-refractivity contribution in [2.24, 2.45) is 0 Å². The number of para-hydroxylation sites is 1. The number of methoxy groups -OCH3 is 1. The molecule has 0 saturated heterocycles. The number of halogens is 1. The molecule has 0 fully saturated rings. The summed E-state index contributed by atoms with van der Waals surface area (Å²) in [5.74, 6) is 0.643. The molecule has 2 aromatic carbocycles. The number of aromatic nitrogens is 1. The summed E-state index contributed by atoms with van der Waals surface area (Å²) in [6.07, 6.45) is 0. The van der Waals surface area contributed by atoms with Crippen LogP contribution in [0.5, 0.6) is 5.75 Å². The molecule has 0 bridgehead atoms. The smallest absolute Gasteiger partial charge is 0.300 e. The predicted octanol–water partition coefficient (Wildman–Crippen LogP) is 3.82. The molecule has 6 heteroatoms. The van der Waals surface area contributed by atoms with Crippen molar-refractivity contribution in [2.75, 3.05) is 18.2 Å². The summed E-state index contributed by atoms with van der Waals surface area (Å²) in [5, 5.41) is 3.63. The number of nitrogens with one attached hydrogen (secondary N) is 1. The van der Waals surface area contributed by atoms with Gasteiger partial charge in [-0.3, -0.25) is 0 Å². The number of ether oxygens (including phenoxy) is 1. The normalized spacial score (nSPS) is 10.7. The Kier molecular flexibility index (Phi) is 3.12. The molecule has 0 aliphatic heterocycles. The van der Waals surface area contributed by atoms with Crippen LogP contribution in [0.1, 0.15) is 0 Å². The zero-order valence-corrected chi connectivity index (χ0v) is 11.4. The van der Waals surface area contributed by atoms with Gasteiger partial charge in [0.25, 0.3) is 6.01 Å². The van der Waals surface area contributed by atoms with E-state index < -0.39 is 0 Å². The molecule has 0 radical (unpaired) electrons. The number of nitrogens with two attached hydrogens (primary N) is 1. The average Bonchev–Trinajstić information content (AvgIpc) is 2.83. The van der Waals surface area contributed by atoms with Gasteiger partial charge in [0.1, 0.15) is 11.3 Å². The Morgan fingerprint density at radius 1 is 1.30 bits per heavy atom. The first-order valence-electron chi connectivity index (χ1n) is 5.93. The second-order valence-electron chi connectivity index (χ2n) is 4.18. The van der Waals surface area contributed by atoms with E-state index in [1.165, 1.54) is 0 Å². The molecule has 0 unspecified atom stereocenters. The van der Waals surface area contributed by atoms with E-state index in [2.05, 4.69) is 10.3 Å². The summed E-state index contributed by atoms with van der Waals surface area (Å²) in [7, 11) is 1.58. The minimum Gasteiger partial charge on any atom is -0.495 e. The van der Waals surface area contributed by atoms with Gasteiger partial charge in [0.15, 0.2) is 5.58 Å². The maximum absolute atomic E-state index is 5.98. The van der Waals surface area contributed by atoms with E-state index in [1.807, 2.05) is 6.07 Å². The Labute approximate surface area is 120 Å². The van der Waals surface area contributed by atoms with Crippen LogP contribution >= 0.6 is 11.6 Å². The van der Waals surface area contributed by atoms with E-state index in [1.54, 1.807) is 37.4 Å². The van der Waals surface area contributed by atoms with Crippen molar-refractivity contribution in [2.45, 2.75) is 0 Å². The fourth-order valence-electron chi connectivity index (χ4n) is 1.92. The van der Waals surface area contributed by atoms with Gasteiger partial charge in [-0.2, -0.15) is 4.98 Å². The summed E-state index contributed by atoms with van der Waals surface area (Å²) >= 11 is 5.98. The molecule has 0 amide bonds. The van der Waals surface area contributed by atoms with E-state index in [-0.39, 0.29) is 0 Å². The summed E-state index contributed by atoms with van der Waals surface area (Å²) in [4.78, 5) is 4.31. The van der Waals surface area contributed by atoms with Gasteiger partial charge < -0.3 is 20.2 Å². The second kappa shape index (κ2) is 4.94. The van der Waals surface area contributed by atoms with Gasteiger partial charge in [-0.1, -0.05) is 17.7 Å². The first-order valence-corrected chi connectivity index (χ1v) is 6.31. The third kappa shape index (κ3) is 2.23. The molecule has 3 aromatic rings. The van der Waals surface area contributed by atoms with Crippen LogP contribution in [-0.2, 0) is 0 Å². The van der Waals surface area contributed by atoms with Crippen LogP contribution in [0.3, 0.4) is 0 Å². The van der Waals surface area contributed by atoms with Gasteiger partial charge >= 0.3 is 0 Å². The van der Waals surface area contributed by atoms with Gasteiger partial charge in [0, 0.05) is 5.02 Å². The lowest BCUT2D eigenvalue weighted by molar-refractivity contribution is 0.416. The number of nitrogen functional groups attached to an aromatic ring is 1. The van der Waals surface area contributed by atoms with Crippen molar-refractivity contribution in [3.8, 4) is 5.75 Å². The molecule has 3 rings (SSSR count). The molecule has 3 N–H and O–H groups in total. The van der Waals surface area contributed by atoms with Crippen LogP contribution in [0.25, 0.3) is 11.1 Å². The lowest BCUT2D eigenvalue weighted by Crippen LogP contribution is -1.94. The van der Waals surface area contributed by atoms with Crippen LogP contribution in [0, 0.1) is 0 Å². The Morgan fingerprint density at radius 2 is 2.15 bits per heavy atom. The molecule has 1 heterocycles. The highest BCUT2D eigenvalue weighted by Crippen LogP contribution is 2.32. The van der Waals surface area contributed by atoms with Crippen molar-refractivity contribution >= 4 is 40.1 Å². The quantitative estimate of drug-likeness (QED) is 0.717. The molecule has 0 spiro atoms. The van der Waals surface area contributed by atoms with E-state index in [4.69, 9.17) is 26.5 Å². The Morgan fingerprint density at radius 3 is 2.90 bits per heavy atom. The van der Waals surface area contributed by atoms with E-state index in [9.17, 15) is 0 Å². The third-order valence-electron chi connectivity index (χ3n) is 2.85. The lowest BCUT2D eigenvalue weighted by atomic mass is 10.3. The number of hydrogen-bond acceptors (Lipinski definition) is 5. The standard InChI is InChI=1S/C14H12ClN3O2/c1-19-11-6-5-8(15)7-10(11)17-14-18-13-9(16)3-2-4-12(13)20-14/h2-7H,16H2,1H3,(H,17,18). The molecule has 0 aliphatic rings. The summed E-state index contributed by atoms with van der Waals surface area (Å²) in [5.41, 5.74) is 8.33. The monoisotopic (exact) mass is 289 g/mol. The van der Waals surface area contributed by atoms with Crippen LogP contribution < -0.4 is 15.8 Å². The van der Waals surface area contributed by atoms with Crippen molar-refractivity contribution < 1.29 is 9.15 Å². The third-order valence-corrected chi connectivity index (χ3v) is 3.09. The largest absolute Gasteiger partial charge is 0.495 e. The minimum atomic E-state index is 0.332.